The first-order valence-electron chi connectivity index (χ1n) is 15.6. The number of aromatic nitrogens is 2. The van der Waals surface area contributed by atoms with E-state index in [9.17, 15) is 0 Å². The topological polar surface area (TPSA) is 23.0 Å². The molecule has 6 aromatic carbocycles. The lowest BCUT2D eigenvalue weighted by atomic mass is 9.85. The Labute approximate surface area is 259 Å². The molecule has 9 aromatic rings. The molecule has 1 aliphatic rings. The summed E-state index contributed by atoms with van der Waals surface area (Å²) in [6.07, 6.45) is 5.60. The summed E-state index contributed by atoms with van der Waals surface area (Å²) >= 11 is 0. The normalized spacial score (nSPS) is 14.7. The highest BCUT2D eigenvalue weighted by Gasteiger charge is 2.31. The van der Waals surface area contributed by atoms with Gasteiger partial charge < -0.3 is 13.6 Å². The van der Waals surface area contributed by atoms with Crippen molar-refractivity contribution in [2.45, 2.75) is 12.3 Å². The molecule has 45 heavy (non-hydrogen) atoms. The molecular weight excluding hydrogens is 548 g/mol. The summed E-state index contributed by atoms with van der Waals surface area (Å²) in [5, 5.41) is 6.11. The molecule has 0 radical (unpaired) electrons. The number of nitrogens with zero attached hydrogens (tertiary/aromatic N) is 2. The van der Waals surface area contributed by atoms with Crippen molar-refractivity contribution in [3.63, 3.8) is 0 Å². The Morgan fingerprint density at radius 3 is 2.07 bits per heavy atom. The van der Waals surface area contributed by atoms with Gasteiger partial charge in [-0.15, -0.1) is 0 Å². The molecule has 3 nitrogen and oxygen atoms in total. The summed E-state index contributed by atoms with van der Waals surface area (Å²) in [4.78, 5) is 0. The van der Waals surface area contributed by atoms with Crippen molar-refractivity contribution in [3.05, 3.63) is 162 Å². The van der Waals surface area contributed by atoms with Gasteiger partial charge in [0.1, 0.15) is 5.58 Å². The number of hydrogen-bond donors (Lipinski definition) is 0. The number of furan rings is 1. The second-order valence-corrected chi connectivity index (χ2v) is 12.0. The Bertz CT molecular complexity index is 2630. The Morgan fingerprint density at radius 1 is 0.533 bits per heavy atom. The summed E-state index contributed by atoms with van der Waals surface area (Å²) in [6, 6.07) is 50.2. The third kappa shape index (κ3) is 3.41. The molecule has 0 bridgehead atoms. The number of benzene rings is 6. The van der Waals surface area contributed by atoms with Crippen LogP contribution in [0, 0.1) is 0 Å². The van der Waals surface area contributed by atoms with Crippen molar-refractivity contribution in [3.8, 4) is 11.4 Å². The maximum atomic E-state index is 6.63. The fourth-order valence-corrected chi connectivity index (χ4v) is 7.85. The van der Waals surface area contributed by atoms with Gasteiger partial charge in [-0.3, -0.25) is 0 Å². The van der Waals surface area contributed by atoms with Crippen LogP contribution in [0.25, 0.3) is 72.1 Å². The molecule has 1 unspecified atom stereocenters. The van der Waals surface area contributed by atoms with E-state index in [0.717, 1.165) is 34.0 Å². The van der Waals surface area contributed by atoms with Gasteiger partial charge in [0.25, 0.3) is 0 Å². The van der Waals surface area contributed by atoms with Crippen LogP contribution in [0.15, 0.2) is 150 Å². The molecule has 3 heterocycles. The van der Waals surface area contributed by atoms with Crippen LogP contribution in [0.3, 0.4) is 0 Å². The fourth-order valence-electron chi connectivity index (χ4n) is 7.85. The van der Waals surface area contributed by atoms with E-state index < -0.39 is 0 Å². The van der Waals surface area contributed by atoms with Gasteiger partial charge in [0.15, 0.2) is 5.58 Å². The Kier molecular flexibility index (Phi) is 5.11. The van der Waals surface area contributed by atoms with Crippen LogP contribution < -0.4 is 0 Å². The lowest BCUT2D eigenvalue weighted by molar-refractivity contribution is 0.663. The van der Waals surface area contributed by atoms with E-state index in [4.69, 9.17) is 4.42 Å². The average Bonchev–Trinajstić information content (AvgIpc) is 3.77. The third-order valence-corrected chi connectivity index (χ3v) is 9.68. The predicted octanol–water partition coefficient (Wildman–Crippen LogP) is 11.2. The molecule has 0 amide bonds. The van der Waals surface area contributed by atoms with E-state index in [2.05, 4.69) is 155 Å². The zero-order valence-corrected chi connectivity index (χ0v) is 24.5. The third-order valence-electron chi connectivity index (χ3n) is 9.68. The molecule has 10 rings (SSSR count). The van der Waals surface area contributed by atoms with Crippen molar-refractivity contribution >= 4 is 60.7 Å². The van der Waals surface area contributed by atoms with Gasteiger partial charge in [0.05, 0.1) is 22.2 Å². The average molecular weight is 577 g/mol. The quantitative estimate of drug-likeness (QED) is 0.205. The minimum absolute atomic E-state index is 0.132. The summed E-state index contributed by atoms with van der Waals surface area (Å²) < 4.78 is 11.6. The molecule has 0 spiro atoms. The van der Waals surface area contributed by atoms with Crippen molar-refractivity contribution in [1.82, 2.24) is 9.13 Å². The maximum absolute atomic E-state index is 6.63. The predicted molar refractivity (Wildman–Crippen MR) is 187 cm³/mol. The van der Waals surface area contributed by atoms with E-state index in [1.165, 1.54) is 55.2 Å². The minimum atomic E-state index is 0.132. The molecule has 3 aromatic heterocycles. The number of allylic oxidation sites excluding steroid dienone is 1. The first kappa shape index (κ1) is 24.6. The van der Waals surface area contributed by atoms with Gasteiger partial charge in [0, 0.05) is 49.8 Å². The van der Waals surface area contributed by atoms with Gasteiger partial charge >= 0.3 is 0 Å². The van der Waals surface area contributed by atoms with Crippen molar-refractivity contribution in [1.29, 1.82) is 0 Å². The van der Waals surface area contributed by atoms with Crippen LogP contribution in [-0.4, -0.2) is 9.13 Å². The number of rotatable bonds is 3. The van der Waals surface area contributed by atoms with Gasteiger partial charge in [-0.25, -0.2) is 0 Å². The maximum Gasteiger partial charge on any atom is 0.159 e. The zero-order chi connectivity index (χ0) is 29.5. The van der Waals surface area contributed by atoms with Crippen LogP contribution in [0.1, 0.15) is 29.2 Å². The largest absolute Gasteiger partial charge is 0.454 e. The van der Waals surface area contributed by atoms with Crippen molar-refractivity contribution in [2.24, 2.45) is 0 Å². The summed E-state index contributed by atoms with van der Waals surface area (Å²) in [7, 11) is 0. The molecule has 0 fully saturated rings. The van der Waals surface area contributed by atoms with Gasteiger partial charge in [0.2, 0.25) is 0 Å². The fraction of sp³-hybridized carbons (Fsp3) is 0.0476. The van der Waals surface area contributed by atoms with E-state index in [-0.39, 0.29) is 5.92 Å². The van der Waals surface area contributed by atoms with E-state index >= 15 is 0 Å². The van der Waals surface area contributed by atoms with Crippen LogP contribution in [0.5, 0.6) is 0 Å². The van der Waals surface area contributed by atoms with Crippen molar-refractivity contribution in [2.75, 3.05) is 0 Å². The van der Waals surface area contributed by atoms with E-state index in [1.807, 2.05) is 6.07 Å². The van der Waals surface area contributed by atoms with E-state index in [1.54, 1.807) is 0 Å². The molecule has 0 aliphatic heterocycles. The number of fused-ring (bicyclic) bond motifs is 9. The molecule has 0 saturated heterocycles. The molecule has 3 heteroatoms. The second-order valence-electron chi connectivity index (χ2n) is 12.0. The number of hydrogen-bond acceptors (Lipinski definition) is 1. The standard InChI is InChI=1S/C42H28N2O/c1-2-13-27(14-3-1)43-36-23-7-4-15-28(36)31-18-10-20-33(40(31)43)34-21-11-19-32-29-16-5-8-24-37(29)44(41(32)34)38-25-12-22-35-30-17-6-9-26-39(30)45-42(35)38/h1-20,22-26,34H,21H2. The molecule has 0 saturated carbocycles. The lowest BCUT2D eigenvalue weighted by Gasteiger charge is -2.25. The van der Waals surface area contributed by atoms with Crippen LogP contribution in [0.2, 0.25) is 0 Å². The highest BCUT2D eigenvalue weighted by Crippen LogP contribution is 2.47. The van der Waals surface area contributed by atoms with Gasteiger partial charge in [-0.2, -0.15) is 0 Å². The first-order chi connectivity index (χ1) is 22.4. The molecule has 0 N–H and O–H groups in total. The molecule has 1 atom stereocenters. The summed E-state index contributed by atoms with van der Waals surface area (Å²) in [5.41, 5.74) is 11.7. The lowest BCUT2D eigenvalue weighted by Crippen LogP contribution is -2.12. The number of para-hydroxylation sites is 6. The van der Waals surface area contributed by atoms with Crippen LogP contribution >= 0.6 is 0 Å². The SMILES string of the molecule is C1=Cc2c(n(-c3cccc4c3oc3ccccc34)c3ccccc23)C(c2cccc3c4ccccc4n(-c4ccccc4)c23)C1. The Hall–Kier alpha value is -5.80. The van der Waals surface area contributed by atoms with Crippen LogP contribution in [0.4, 0.5) is 0 Å². The molecule has 212 valence electrons. The van der Waals surface area contributed by atoms with Gasteiger partial charge in [-0.1, -0.05) is 115 Å². The highest BCUT2D eigenvalue weighted by molar-refractivity contribution is 6.11. The first-order valence-corrected chi connectivity index (χ1v) is 15.6. The highest BCUT2D eigenvalue weighted by atomic mass is 16.3. The second kappa shape index (κ2) is 9.35. The Morgan fingerprint density at radius 2 is 1.20 bits per heavy atom. The monoisotopic (exact) mass is 576 g/mol. The van der Waals surface area contributed by atoms with Crippen molar-refractivity contribution < 1.29 is 4.42 Å². The van der Waals surface area contributed by atoms with Crippen LogP contribution in [-0.2, 0) is 0 Å². The van der Waals surface area contributed by atoms with E-state index in [0.29, 0.717) is 0 Å². The minimum Gasteiger partial charge on any atom is -0.454 e. The zero-order valence-electron chi connectivity index (χ0n) is 24.5. The summed E-state index contributed by atoms with van der Waals surface area (Å²) in [6.45, 7) is 0. The molecule has 1 aliphatic carbocycles. The smallest absolute Gasteiger partial charge is 0.159 e. The molecular formula is C42H28N2O. The Balaban J connectivity index is 1.32. The van der Waals surface area contributed by atoms with Gasteiger partial charge in [-0.05, 0) is 48.4 Å². The summed E-state index contributed by atoms with van der Waals surface area (Å²) in [5.74, 6) is 0.132.